The van der Waals surface area contributed by atoms with Crippen LogP contribution in [0.5, 0.6) is 0 Å². The molecule has 0 bridgehead atoms. The molecule has 11 heteroatoms. The van der Waals surface area contributed by atoms with E-state index in [1.807, 2.05) is 0 Å². The first kappa shape index (κ1) is 21.5. The number of halogens is 3. The molecule has 1 aromatic carbocycles. The van der Waals surface area contributed by atoms with E-state index in [1.54, 1.807) is 24.4 Å². The molecule has 1 amide bonds. The molecule has 0 aliphatic rings. The summed E-state index contributed by atoms with van der Waals surface area (Å²) in [7, 11) is 0. The van der Waals surface area contributed by atoms with E-state index < -0.39 is 29.7 Å². The lowest BCUT2D eigenvalue weighted by Crippen LogP contribution is -2.35. The van der Waals surface area contributed by atoms with Crippen LogP contribution in [0.15, 0.2) is 41.8 Å². The Morgan fingerprint density at radius 2 is 2.03 bits per heavy atom. The van der Waals surface area contributed by atoms with Gasteiger partial charge >= 0.3 is 12.1 Å². The van der Waals surface area contributed by atoms with Gasteiger partial charge in [-0.05, 0) is 43.5 Å². The number of nitrogens with zero attached hydrogens (tertiary/aromatic N) is 3. The number of amides is 1. The lowest BCUT2D eigenvalue weighted by Gasteiger charge is -2.11. The van der Waals surface area contributed by atoms with Crippen LogP contribution in [0.1, 0.15) is 30.0 Å². The molecule has 1 atom stereocenters. The molecule has 30 heavy (non-hydrogen) atoms. The Bertz CT molecular complexity index is 1050. The van der Waals surface area contributed by atoms with E-state index in [1.165, 1.54) is 30.4 Å². The van der Waals surface area contributed by atoms with Crippen LogP contribution in [-0.4, -0.2) is 39.3 Å². The Morgan fingerprint density at radius 1 is 1.27 bits per heavy atom. The van der Waals surface area contributed by atoms with Crippen LogP contribution in [0.2, 0.25) is 0 Å². The molecule has 0 spiro atoms. The summed E-state index contributed by atoms with van der Waals surface area (Å²) in [6.45, 7) is 3.48. The Hall–Kier alpha value is -3.21. The number of nitrogens with one attached hydrogen (secondary N) is 1. The van der Waals surface area contributed by atoms with Crippen molar-refractivity contribution in [2.75, 3.05) is 6.54 Å². The average Bonchev–Trinajstić information content (AvgIpc) is 3.37. The second kappa shape index (κ2) is 8.66. The molecule has 0 saturated carbocycles. The monoisotopic (exact) mass is 438 g/mol. The summed E-state index contributed by atoms with van der Waals surface area (Å²) in [4.78, 5) is 29.0. The summed E-state index contributed by atoms with van der Waals surface area (Å²) < 4.78 is 45.6. The maximum Gasteiger partial charge on any atom is 0.416 e. The van der Waals surface area contributed by atoms with E-state index in [2.05, 4.69) is 15.4 Å². The fraction of sp³-hybridized carbons (Fsp3) is 0.263. The van der Waals surface area contributed by atoms with Gasteiger partial charge in [0.05, 0.1) is 16.1 Å². The molecule has 3 rings (SSSR count). The van der Waals surface area contributed by atoms with Crippen molar-refractivity contribution in [1.82, 2.24) is 20.1 Å². The number of thiophene rings is 1. The van der Waals surface area contributed by atoms with Gasteiger partial charge in [0.2, 0.25) is 0 Å². The van der Waals surface area contributed by atoms with E-state index in [-0.39, 0.29) is 17.3 Å². The molecule has 0 aliphatic carbocycles. The molecule has 7 nitrogen and oxygen atoms in total. The van der Waals surface area contributed by atoms with Gasteiger partial charge in [0.1, 0.15) is 0 Å². The van der Waals surface area contributed by atoms with Crippen molar-refractivity contribution in [2.45, 2.75) is 26.1 Å². The number of likely N-dealkylation sites (N-methyl/N-ethyl adjacent to an activating group) is 1. The summed E-state index contributed by atoms with van der Waals surface area (Å²) in [5.74, 6) is -1.63. The van der Waals surface area contributed by atoms with E-state index >= 15 is 0 Å². The number of carbonyl (C=O) groups excluding carboxylic acids is 2. The van der Waals surface area contributed by atoms with Gasteiger partial charge in [-0.3, -0.25) is 4.79 Å². The fourth-order valence-electron chi connectivity index (χ4n) is 2.54. The quantitative estimate of drug-likeness (QED) is 0.593. The van der Waals surface area contributed by atoms with Crippen LogP contribution in [0.25, 0.3) is 16.4 Å². The summed E-state index contributed by atoms with van der Waals surface area (Å²) in [6, 6.07) is 7.96. The molecule has 0 aliphatic heterocycles. The highest BCUT2D eigenvalue weighted by molar-refractivity contribution is 7.13. The number of hydrogen-bond donors (Lipinski definition) is 1. The third-order valence-electron chi connectivity index (χ3n) is 3.95. The SMILES string of the molecule is CCNC(=O)[C@@H](C)OC(=O)c1nc(-c2cccs2)n(-c2cccc(C(F)(F)F)c2)n1. The lowest BCUT2D eigenvalue weighted by atomic mass is 10.2. The molecular formula is C19H17F3N4O3S. The second-order valence-electron chi connectivity index (χ2n) is 6.14. The predicted molar refractivity (Wildman–Crippen MR) is 103 cm³/mol. The normalized spacial score (nSPS) is 12.4. The standard InChI is InChI=1S/C19H17F3N4O3S/c1-3-23-17(27)11(2)29-18(28)15-24-16(14-8-5-9-30-14)26(25-15)13-7-4-6-12(10-13)19(20,21)22/h4-11H,3H2,1-2H3,(H,23,27)/t11-/m1/s1. The lowest BCUT2D eigenvalue weighted by molar-refractivity contribution is -0.137. The Balaban J connectivity index is 1.99. The predicted octanol–water partition coefficient (Wildman–Crippen LogP) is 3.70. The van der Waals surface area contributed by atoms with Crippen LogP contribution >= 0.6 is 11.3 Å². The smallest absolute Gasteiger partial charge is 0.416 e. The van der Waals surface area contributed by atoms with Crippen molar-refractivity contribution in [3.05, 3.63) is 53.2 Å². The zero-order valence-corrected chi connectivity index (χ0v) is 16.8. The topological polar surface area (TPSA) is 86.1 Å². The highest BCUT2D eigenvalue weighted by Gasteiger charge is 2.31. The second-order valence-corrected chi connectivity index (χ2v) is 7.09. The van der Waals surface area contributed by atoms with Crippen LogP contribution in [0, 0.1) is 0 Å². The number of ether oxygens (including phenoxy) is 1. The summed E-state index contributed by atoms with van der Waals surface area (Å²) in [5.41, 5.74) is -0.779. The van der Waals surface area contributed by atoms with Crippen LogP contribution < -0.4 is 5.32 Å². The largest absolute Gasteiger partial charge is 0.447 e. The van der Waals surface area contributed by atoms with E-state index in [9.17, 15) is 22.8 Å². The van der Waals surface area contributed by atoms with Crippen LogP contribution in [-0.2, 0) is 15.7 Å². The number of alkyl halides is 3. The van der Waals surface area contributed by atoms with Crippen molar-refractivity contribution in [1.29, 1.82) is 0 Å². The summed E-state index contributed by atoms with van der Waals surface area (Å²) >= 11 is 1.28. The number of rotatable bonds is 6. The van der Waals surface area contributed by atoms with Gasteiger partial charge in [0, 0.05) is 6.54 Å². The molecule has 1 N–H and O–H groups in total. The fourth-order valence-corrected chi connectivity index (χ4v) is 3.24. The van der Waals surface area contributed by atoms with Crippen molar-refractivity contribution >= 4 is 23.2 Å². The van der Waals surface area contributed by atoms with Gasteiger partial charge < -0.3 is 10.1 Å². The molecule has 158 valence electrons. The first-order valence-electron chi connectivity index (χ1n) is 8.88. The highest BCUT2D eigenvalue weighted by Crippen LogP contribution is 2.32. The minimum absolute atomic E-state index is 0.0801. The molecule has 0 unspecified atom stereocenters. The molecule has 0 radical (unpaired) electrons. The first-order chi connectivity index (χ1) is 14.2. The number of carbonyl (C=O) groups is 2. The maximum atomic E-state index is 13.1. The average molecular weight is 438 g/mol. The number of esters is 1. The van der Waals surface area contributed by atoms with E-state index in [0.29, 0.717) is 11.4 Å². The van der Waals surface area contributed by atoms with Gasteiger partial charge in [-0.15, -0.1) is 16.4 Å². The van der Waals surface area contributed by atoms with Crippen LogP contribution in [0.3, 0.4) is 0 Å². The number of hydrogen-bond acceptors (Lipinski definition) is 6. The van der Waals surface area contributed by atoms with Gasteiger partial charge in [-0.1, -0.05) is 12.1 Å². The van der Waals surface area contributed by atoms with Gasteiger partial charge in [0.15, 0.2) is 11.9 Å². The molecular weight excluding hydrogens is 421 g/mol. The summed E-state index contributed by atoms with van der Waals surface area (Å²) in [6.07, 6.45) is -5.62. The third kappa shape index (κ3) is 4.67. The Labute approximate surface area is 173 Å². The molecule has 3 aromatic rings. The van der Waals surface area contributed by atoms with Crippen molar-refractivity contribution in [2.24, 2.45) is 0 Å². The molecule has 0 fully saturated rings. The number of benzene rings is 1. The zero-order valence-electron chi connectivity index (χ0n) is 15.9. The van der Waals surface area contributed by atoms with Gasteiger partial charge in [-0.2, -0.15) is 18.2 Å². The number of aromatic nitrogens is 3. The van der Waals surface area contributed by atoms with Crippen LogP contribution in [0.4, 0.5) is 13.2 Å². The minimum Gasteiger partial charge on any atom is -0.447 e. The highest BCUT2D eigenvalue weighted by atomic mass is 32.1. The molecule has 2 heterocycles. The molecule has 2 aromatic heterocycles. The Morgan fingerprint density at radius 3 is 2.67 bits per heavy atom. The van der Waals surface area contributed by atoms with Gasteiger partial charge in [0.25, 0.3) is 11.7 Å². The third-order valence-corrected chi connectivity index (χ3v) is 4.82. The van der Waals surface area contributed by atoms with E-state index in [0.717, 1.165) is 16.8 Å². The van der Waals surface area contributed by atoms with Crippen molar-refractivity contribution in [3.63, 3.8) is 0 Å². The van der Waals surface area contributed by atoms with Crippen molar-refractivity contribution < 1.29 is 27.5 Å². The van der Waals surface area contributed by atoms with Crippen molar-refractivity contribution in [3.8, 4) is 16.4 Å². The first-order valence-corrected chi connectivity index (χ1v) is 9.76. The van der Waals surface area contributed by atoms with Gasteiger partial charge in [-0.25, -0.2) is 9.48 Å². The zero-order chi connectivity index (χ0) is 21.9. The summed E-state index contributed by atoms with van der Waals surface area (Å²) in [5, 5.41) is 8.34. The maximum absolute atomic E-state index is 13.1. The van der Waals surface area contributed by atoms with E-state index in [4.69, 9.17) is 4.74 Å². The molecule has 0 saturated heterocycles. The Kier molecular flexibility index (Phi) is 6.20. The minimum atomic E-state index is -4.54.